The van der Waals surface area contributed by atoms with E-state index >= 15 is 0 Å². The van der Waals surface area contributed by atoms with Crippen molar-refractivity contribution < 1.29 is 48.2 Å². The van der Waals surface area contributed by atoms with Gasteiger partial charge in [-0.25, -0.2) is 4.79 Å². The largest absolute Gasteiger partial charge is 0.504 e. The highest BCUT2D eigenvalue weighted by atomic mass is 16.5. The lowest BCUT2D eigenvalue weighted by Crippen LogP contribution is -2.05. The first-order chi connectivity index (χ1) is 19.3. The summed E-state index contributed by atoms with van der Waals surface area (Å²) >= 11 is 0. The number of benzene rings is 2. The van der Waals surface area contributed by atoms with Crippen molar-refractivity contribution >= 4 is 18.0 Å². The molecule has 0 unspecified atom stereocenters. The molecule has 2 rings (SSSR count). The second-order valence-corrected chi connectivity index (χ2v) is 8.31. The van der Waals surface area contributed by atoms with Crippen LogP contribution in [0.25, 0.3) is 6.08 Å². The molecule has 10 nitrogen and oxygen atoms in total. The average molecular weight is 563 g/mol. The third-order valence-corrected chi connectivity index (χ3v) is 5.13. The van der Waals surface area contributed by atoms with Crippen LogP contribution in [-0.2, 0) is 35.0 Å². The van der Waals surface area contributed by atoms with E-state index in [1.165, 1.54) is 12.1 Å². The Bertz CT molecular complexity index is 1040. The number of esters is 2. The Labute approximate surface area is 236 Å². The number of ether oxygens (including phenoxy) is 6. The summed E-state index contributed by atoms with van der Waals surface area (Å²) in [5, 5.41) is 19.4. The van der Waals surface area contributed by atoms with Gasteiger partial charge in [0.2, 0.25) is 0 Å². The molecule has 0 aliphatic heterocycles. The Kier molecular flexibility index (Phi) is 18.1. The van der Waals surface area contributed by atoms with Crippen LogP contribution in [0.15, 0.2) is 42.5 Å². The Morgan fingerprint density at radius 1 is 0.775 bits per heavy atom. The molecular formula is C30H42O10. The molecule has 0 atom stereocenters. The SMILES string of the molecule is CCOC(=O)C=Cc1ccc(O)c(OCCCOC)c1.CCOC(=O)CCc1ccc(O)c(OCCCOC)c1. The van der Waals surface area contributed by atoms with Crippen molar-refractivity contribution in [2.24, 2.45) is 0 Å². The highest BCUT2D eigenvalue weighted by molar-refractivity contribution is 5.87. The summed E-state index contributed by atoms with van der Waals surface area (Å²) in [6.45, 7) is 6.40. The zero-order valence-corrected chi connectivity index (χ0v) is 23.9. The zero-order valence-electron chi connectivity index (χ0n) is 23.9. The molecule has 2 aromatic rings. The van der Waals surface area contributed by atoms with Gasteiger partial charge < -0.3 is 38.6 Å². The first-order valence-corrected chi connectivity index (χ1v) is 13.2. The van der Waals surface area contributed by atoms with E-state index in [4.69, 9.17) is 28.4 Å². The number of phenols is 2. The number of aromatic hydroxyl groups is 2. The third kappa shape index (κ3) is 15.0. The second kappa shape index (κ2) is 21.1. The summed E-state index contributed by atoms with van der Waals surface area (Å²) in [5.41, 5.74) is 1.68. The van der Waals surface area contributed by atoms with Crippen molar-refractivity contribution in [2.45, 2.75) is 39.5 Å². The van der Waals surface area contributed by atoms with Gasteiger partial charge in [0.1, 0.15) is 0 Å². The number of hydrogen-bond acceptors (Lipinski definition) is 10. The van der Waals surface area contributed by atoms with Crippen molar-refractivity contribution in [3.8, 4) is 23.0 Å². The standard InChI is InChI=1S/C15H22O5.C15H20O5/c2*1-3-19-15(17)8-6-12-5-7-13(16)14(11-12)20-10-4-9-18-2/h5,7,11,16H,3-4,6,8-10H2,1-2H3;5-8,11,16H,3-4,9-10H2,1-2H3. The van der Waals surface area contributed by atoms with Crippen LogP contribution < -0.4 is 9.47 Å². The lowest BCUT2D eigenvalue weighted by Gasteiger charge is -2.10. The minimum Gasteiger partial charge on any atom is -0.504 e. The van der Waals surface area contributed by atoms with E-state index in [9.17, 15) is 19.8 Å². The third-order valence-electron chi connectivity index (χ3n) is 5.13. The first-order valence-electron chi connectivity index (χ1n) is 13.2. The normalized spacial score (nSPS) is 10.5. The zero-order chi connectivity index (χ0) is 29.6. The molecule has 0 aromatic heterocycles. The average Bonchev–Trinajstić information content (AvgIpc) is 2.94. The van der Waals surface area contributed by atoms with Gasteiger partial charge >= 0.3 is 11.9 Å². The first kappa shape index (κ1) is 34.3. The lowest BCUT2D eigenvalue weighted by atomic mass is 10.1. The number of carbonyl (C=O) groups excluding carboxylic acids is 2. The fourth-order valence-corrected chi connectivity index (χ4v) is 3.18. The van der Waals surface area contributed by atoms with E-state index in [0.717, 1.165) is 24.0 Å². The molecule has 0 heterocycles. The molecule has 0 aliphatic carbocycles. The predicted octanol–water partition coefficient (Wildman–Crippen LogP) is 4.69. The van der Waals surface area contributed by atoms with Crippen LogP contribution in [0.4, 0.5) is 0 Å². The summed E-state index contributed by atoms with van der Waals surface area (Å²) in [5.74, 6) is 0.360. The second-order valence-electron chi connectivity index (χ2n) is 8.31. The molecule has 0 aliphatic rings. The van der Waals surface area contributed by atoms with Crippen LogP contribution in [0, 0.1) is 0 Å². The maximum Gasteiger partial charge on any atom is 0.330 e. The van der Waals surface area contributed by atoms with E-state index in [0.29, 0.717) is 64.0 Å². The van der Waals surface area contributed by atoms with Crippen LogP contribution in [0.3, 0.4) is 0 Å². The molecule has 0 saturated carbocycles. The van der Waals surface area contributed by atoms with Gasteiger partial charge in [0.25, 0.3) is 0 Å². The molecule has 40 heavy (non-hydrogen) atoms. The molecule has 0 fully saturated rings. The monoisotopic (exact) mass is 562 g/mol. The Hall–Kier alpha value is -3.76. The molecule has 0 saturated heterocycles. The van der Waals surface area contributed by atoms with Crippen LogP contribution in [0.2, 0.25) is 0 Å². The number of methoxy groups -OCH3 is 2. The minimum atomic E-state index is -0.400. The van der Waals surface area contributed by atoms with E-state index in [2.05, 4.69) is 0 Å². The van der Waals surface area contributed by atoms with E-state index < -0.39 is 5.97 Å². The number of carbonyl (C=O) groups is 2. The van der Waals surface area contributed by atoms with Crippen LogP contribution in [-0.4, -0.2) is 76.0 Å². The fraction of sp³-hybridized carbons (Fsp3) is 0.467. The Balaban J connectivity index is 0.000000400. The van der Waals surface area contributed by atoms with Gasteiger partial charge in [-0.1, -0.05) is 12.1 Å². The molecular weight excluding hydrogens is 520 g/mol. The summed E-state index contributed by atoms with van der Waals surface area (Å²) in [7, 11) is 3.26. The number of hydrogen-bond donors (Lipinski definition) is 2. The number of rotatable bonds is 17. The molecule has 0 radical (unpaired) electrons. The van der Waals surface area contributed by atoms with Gasteiger partial charge in [-0.15, -0.1) is 0 Å². The van der Waals surface area contributed by atoms with Gasteiger partial charge in [-0.2, -0.15) is 0 Å². The van der Waals surface area contributed by atoms with Crippen molar-refractivity contribution in [2.75, 3.05) is 53.9 Å². The Morgan fingerprint density at radius 3 is 1.93 bits per heavy atom. The molecule has 10 heteroatoms. The van der Waals surface area contributed by atoms with E-state index in [1.807, 2.05) is 0 Å². The van der Waals surface area contributed by atoms with Crippen molar-refractivity contribution in [3.63, 3.8) is 0 Å². The molecule has 0 bridgehead atoms. The summed E-state index contributed by atoms with van der Waals surface area (Å²) in [6, 6.07) is 9.98. The minimum absolute atomic E-state index is 0.0655. The van der Waals surface area contributed by atoms with Crippen molar-refractivity contribution in [1.29, 1.82) is 0 Å². The fourth-order valence-electron chi connectivity index (χ4n) is 3.18. The van der Waals surface area contributed by atoms with Crippen LogP contribution in [0.5, 0.6) is 23.0 Å². The topological polar surface area (TPSA) is 130 Å². The smallest absolute Gasteiger partial charge is 0.330 e. The summed E-state index contributed by atoms with van der Waals surface area (Å²) < 4.78 is 30.5. The number of phenolic OH excluding ortho intramolecular Hbond substituents is 2. The predicted molar refractivity (Wildman–Crippen MR) is 151 cm³/mol. The molecule has 222 valence electrons. The van der Waals surface area contributed by atoms with E-state index in [-0.39, 0.29) is 17.5 Å². The highest BCUT2D eigenvalue weighted by Crippen LogP contribution is 2.28. The summed E-state index contributed by atoms with van der Waals surface area (Å²) in [4.78, 5) is 22.5. The molecule has 0 spiro atoms. The van der Waals surface area contributed by atoms with Gasteiger partial charge in [-0.3, -0.25) is 4.79 Å². The lowest BCUT2D eigenvalue weighted by molar-refractivity contribution is -0.143. The molecule has 2 N–H and O–H groups in total. The summed E-state index contributed by atoms with van der Waals surface area (Å²) in [6.07, 6.45) is 5.32. The maximum atomic E-state index is 11.3. The quantitative estimate of drug-likeness (QED) is 0.159. The van der Waals surface area contributed by atoms with Crippen LogP contribution in [0.1, 0.15) is 44.2 Å². The van der Waals surface area contributed by atoms with E-state index in [1.54, 1.807) is 64.5 Å². The van der Waals surface area contributed by atoms with Gasteiger partial charge in [0.05, 0.1) is 26.4 Å². The highest BCUT2D eigenvalue weighted by Gasteiger charge is 2.07. The van der Waals surface area contributed by atoms with Gasteiger partial charge in [0, 0.05) is 52.8 Å². The Morgan fingerprint density at radius 2 is 1.35 bits per heavy atom. The van der Waals surface area contributed by atoms with Crippen LogP contribution >= 0.6 is 0 Å². The van der Waals surface area contributed by atoms with Gasteiger partial charge in [-0.05, 0) is 61.7 Å². The van der Waals surface area contributed by atoms with Crippen molar-refractivity contribution in [3.05, 3.63) is 53.6 Å². The molecule has 0 amide bonds. The maximum absolute atomic E-state index is 11.3. The van der Waals surface area contributed by atoms with Crippen molar-refractivity contribution in [1.82, 2.24) is 0 Å². The van der Waals surface area contributed by atoms with Gasteiger partial charge in [0.15, 0.2) is 23.0 Å². The number of aryl methyl sites for hydroxylation is 1. The molecule has 2 aromatic carbocycles.